The third-order valence-electron chi connectivity index (χ3n) is 3.02. The zero-order valence-electron chi connectivity index (χ0n) is 10.4. The predicted molar refractivity (Wildman–Crippen MR) is 63.5 cm³/mol. The van der Waals surface area contributed by atoms with Gasteiger partial charge in [-0.15, -0.1) is 0 Å². The molecule has 0 saturated carbocycles. The lowest BCUT2D eigenvalue weighted by Gasteiger charge is -2.34. The van der Waals surface area contributed by atoms with Crippen molar-refractivity contribution < 1.29 is 13.0 Å². The first-order valence-corrected chi connectivity index (χ1v) is 7.07. The Balaban J connectivity index is 4.79. The van der Waals surface area contributed by atoms with Crippen molar-refractivity contribution in [3.05, 3.63) is 0 Å². The van der Waals surface area contributed by atoms with Crippen LogP contribution in [0.5, 0.6) is 0 Å². The fourth-order valence-electron chi connectivity index (χ4n) is 2.00. The first-order chi connectivity index (χ1) is 6.60. The van der Waals surface area contributed by atoms with Gasteiger partial charge in [-0.2, -0.15) is 8.42 Å². The van der Waals surface area contributed by atoms with Crippen LogP contribution >= 0.6 is 0 Å². The quantitative estimate of drug-likeness (QED) is 0.746. The molecule has 0 amide bonds. The van der Waals surface area contributed by atoms with Gasteiger partial charge in [0.25, 0.3) is 10.1 Å². The second-order valence-corrected chi connectivity index (χ2v) is 7.11. The minimum Gasteiger partial charge on any atom is -0.285 e. The average Bonchev–Trinajstić information content (AvgIpc) is 2.00. The van der Waals surface area contributed by atoms with Crippen LogP contribution in [0.25, 0.3) is 0 Å². The molecule has 1 N–H and O–H groups in total. The summed E-state index contributed by atoms with van der Waals surface area (Å²) in [5.74, 6) is 0.00690. The Hall–Kier alpha value is -0.0900. The normalized spacial score (nSPS) is 17.5. The van der Waals surface area contributed by atoms with Gasteiger partial charge in [-0.05, 0) is 24.7 Å². The highest BCUT2D eigenvalue weighted by Crippen LogP contribution is 2.35. The number of hydrogen-bond acceptors (Lipinski definition) is 2. The average molecular weight is 236 g/mol. The Kier molecular flexibility index (Phi) is 5.27. The first kappa shape index (κ1) is 14.9. The van der Waals surface area contributed by atoms with Crippen LogP contribution in [0.1, 0.15) is 53.9 Å². The molecule has 0 aliphatic rings. The van der Waals surface area contributed by atoms with Gasteiger partial charge in [0.2, 0.25) is 0 Å². The van der Waals surface area contributed by atoms with Gasteiger partial charge >= 0.3 is 0 Å². The summed E-state index contributed by atoms with van der Waals surface area (Å²) in [5, 5.41) is -0.677. The second-order valence-electron chi connectivity index (χ2n) is 5.33. The van der Waals surface area contributed by atoms with E-state index in [1.165, 1.54) is 0 Å². The van der Waals surface area contributed by atoms with Gasteiger partial charge in [-0.1, -0.05) is 40.5 Å². The van der Waals surface area contributed by atoms with E-state index in [9.17, 15) is 8.42 Å². The van der Waals surface area contributed by atoms with Crippen molar-refractivity contribution in [3.63, 3.8) is 0 Å². The van der Waals surface area contributed by atoms with Crippen LogP contribution < -0.4 is 0 Å². The highest BCUT2D eigenvalue weighted by atomic mass is 32.2. The summed E-state index contributed by atoms with van der Waals surface area (Å²) >= 11 is 0. The molecule has 15 heavy (non-hydrogen) atoms. The molecule has 3 nitrogen and oxygen atoms in total. The lowest BCUT2D eigenvalue weighted by Crippen LogP contribution is -2.35. The summed E-state index contributed by atoms with van der Waals surface area (Å²) in [7, 11) is -3.92. The third-order valence-corrected chi connectivity index (χ3v) is 4.29. The Morgan fingerprint density at radius 1 is 1.27 bits per heavy atom. The van der Waals surface area contributed by atoms with Crippen LogP contribution in [-0.4, -0.2) is 18.2 Å². The van der Waals surface area contributed by atoms with Gasteiger partial charge in [0.15, 0.2) is 0 Å². The van der Waals surface area contributed by atoms with Crippen LogP contribution in [0.15, 0.2) is 0 Å². The lowest BCUT2D eigenvalue weighted by atomic mass is 9.76. The van der Waals surface area contributed by atoms with Crippen molar-refractivity contribution in [3.8, 4) is 0 Å². The van der Waals surface area contributed by atoms with Crippen LogP contribution in [0, 0.1) is 11.3 Å². The maximum atomic E-state index is 11.1. The summed E-state index contributed by atoms with van der Waals surface area (Å²) in [4.78, 5) is 0. The van der Waals surface area contributed by atoms with Gasteiger partial charge in [-0.25, -0.2) is 0 Å². The fraction of sp³-hybridized carbons (Fsp3) is 1.00. The predicted octanol–water partition coefficient (Wildman–Crippen LogP) is 3.12. The topological polar surface area (TPSA) is 54.4 Å². The monoisotopic (exact) mass is 236 g/mol. The van der Waals surface area contributed by atoms with Crippen LogP contribution in [0.4, 0.5) is 0 Å². The molecule has 0 spiro atoms. The zero-order chi connectivity index (χ0) is 12.3. The lowest BCUT2D eigenvalue weighted by molar-refractivity contribution is 0.211. The summed E-state index contributed by atoms with van der Waals surface area (Å²) in [6.07, 6.45) is 2.90. The number of unbranched alkanes of at least 4 members (excludes halogenated alkanes) is 1. The molecule has 0 aliphatic carbocycles. The van der Waals surface area contributed by atoms with Gasteiger partial charge < -0.3 is 0 Å². The van der Waals surface area contributed by atoms with E-state index in [0.717, 1.165) is 19.3 Å². The maximum absolute atomic E-state index is 11.1. The highest BCUT2D eigenvalue weighted by Gasteiger charge is 2.35. The molecule has 0 heterocycles. The van der Waals surface area contributed by atoms with E-state index >= 15 is 0 Å². The SMILES string of the molecule is CCCCC(C(C)S(=O)(=O)O)C(C)(C)C. The van der Waals surface area contributed by atoms with Gasteiger partial charge in [0.1, 0.15) is 0 Å². The molecule has 0 fully saturated rings. The summed E-state index contributed by atoms with van der Waals surface area (Å²) in [6.45, 7) is 9.75. The molecule has 0 rings (SSSR count). The molecule has 2 atom stereocenters. The molecule has 0 bridgehead atoms. The van der Waals surface area contributed by atoms with E-state index in [-0.39, 0.29) is 11.3 Å². The first-order valence-electron chi connectivity index (χ1n) is 5.57. The molecule has 0 aromatic heterocycles. The molecule has 92 valence electrons. The molecule has 2 unspecified atom stereocenters. The Morgan fingerprint density at radius 3 is 2.00 bits per heavy atom. The highest BCUT2D eigenvalue weighted by molar-refractivity contribution is 7.86. The van der Waals surface area contributed by atoms with Crippen molar-refractivity contribution in [2.45, 2.75) is 59.1 Å². The molecule has 4 heteroatoms. The Morgan fingerprint density at radius 2 is 1.73 bits per heavy atom. The van der Waals surface area contributed by atoms with E-state index in [1.54, 1.807) is 6.92 Å². The zero-order valence-corrected chi connectivity index (χ0v) is 11.3. The molecular formula is C11H24O3S. The fourth-order valence-corrected chi connectivity index (χ4v) is 2.96. The minimum absolute atomic E-state index is 0.00690. The third kappa shape index (κ3) is 4.98. The van der Waals surface area contributed by atoms with E-state index in [0.29, 0.717) is 0 Å². The van der Waals surface area contributed by atoms with Crippen molar-refractivity contribution >= 4 is 10.1 Å². The molecule has 0 aromatic carbocycles. The summed E-state index contributed by atoms with van der Waals surface area (Å²) in [6, 6.07) is 0. The molecule has 0 aliphatic heterocycles. The molecular weight excluding hydrogens is 212 g/mol. The van der Waals surface area contributed by atoms with Gasteiger partial charge in [0, 0.05) is 0 Å². The Labute approximate surface area is 94.0 Å². The maximum Gasteiger partial charge on any atom is 0.267 e. The molecule has 0 radical (unpaired) electrons. The molecule has 0 aromatic rings. The van der Waals surface area contributed by atoms with Crippen LogP contribution in [0.2, 0.25) is 0 Å². The van der Waals surface area contributed by atoms with E-state index in [2.05, 4.69) is 6.92 Å². The molecule has 0 saturated heterocycles. The largest absolute Gasteiger partial charge is 0.285 e. The van der Waals surface area contributed by atoms with Gasteiger partial charge in [0.05, 0.1) is 5.25 Å². The Bertz CT molecular complexity index is 275. The second kappa shape index (κ2) is 5.30. The minimum atomic E-state index is -3.92. The van der Waals surface area contributed by atoms with Crippen LogP contribution in [0.3, 0.4) is 0 Å². The summed E-state index contributed by atoms with van der Waals surface area (Å²) in [5.41, 5.74) is -0.0929. The smallest absolute Gasteiger partial charge is 0.267 e. The number of hydrogen-bond donors (Lipinski definition) is 1. The summed E-state index contributed by atoms with van der Waals surface area (Å²) < 4.78 is 31.4. The van der Waals surface area contributed by atoms with Crippen molar-refractivity contribution in [1.29, 1.82) is 0 Å². The van der Waals surface area contributed by atoms with Crippen LogP contribution in [-0.2, 0) is 10.1 Å². The van der Waals surface area contributed by atoms with E-state index in [4.69, 9.17) is 4.55 Å². The standard InChI is InChI=1S/C11H24O3S/c1-6-7-8-10(11(3,4)5)9(2)15(12,13)14/h9-10H,6-8H2,1-5H3,(H,12,13,14). The van der Waals surface area contributed by atoms with Crippen molar-refractivity contribution in [2.75, 3.05) is 0 Å². The van der Waals surface area contributed by atoms with Gasteiger partial charge in [-0.3, -0.25) is 4.55 Å². The number of rotatable bonds is 5. The van der Waals surface area contributed by atoms with Crippen molar-refractivity contribution in [2.24, 2.45) is 11.3 Å². The van der Waals surface area contributed by atoms with Crippen molar-refractivity contribution in [1.82, 2.24) is 0 Å². The van der Waals surface area contributed by atoms with E-state index in [1.807, 2.05) is 20.8 Å². The van der Waals surface area contributed by atoms with E-state index < -0.39 is 15.4 Å².